The van der Waals surface area contributed by atoms with E-state index in [-0.39, 0.29) is 6.42 Å². The zero-order valence-corrected chi connectivity index (χ0v) is 16.7. The second-order valence-corrected chi connectivity index (χ2v) is 7.69. The van der Waals surface area contributed by atoms with Gasteiger partial charge in [-0.3, -0.25) is 9.78 Å². The van der Waals surface area contributed by atoms with Gasteiger partial charge in [-0.1, -0.05) is 36.4 Å². The molecule has 1 heterocycles. The molecule has 0 aliphatic carbocycles. The fourth-order valence-electron chi connectivity index (χ4n) is 4.01. The van der Waals surface area contributed by atoms with Crippen LogP contribution in [0.2, 0.25) is 0 Å². The van der Waals surface area contributed by atoms with Gasteiger partial charge in [0, 0.05) is 30.7 Å². The van der Waals surface area contributed by atoms with Gasteiger partial charge in [0.1, 0.15) is 0 Å². The molecule has 0 saturated carbocycles. The van der Waals surface area contributed by atoms with Gasteiger partial charge < -0.3 is 10.0 Å². The molecule has 1 aromatic heterocycles. The highest BCUT2D eigenvalue weighted by atomic mass is 16.4. The number of pyridine rings is 1. The van der Waals surface area contributed by atoms with Crippen molar-refractivity contribution in [1.29, 1.82) is 0 Å². The topological polar surface area (TPSA) is 53.4 Å². The van der Waals surface area contributed by atoms with Gasteiger partial charge in [-0.2, -0.15) is 0 Å². The molecule has 3 aromatic carbocycles. The molecular weight excluding hydrogens is 360 g/mol. The molecule has 1 N–H and O–H groups in total. The highest BCUT2D eigenvalue weighted by Gasteiger charge is 2.12. The third kappa shape index (κ3) is 3.98. The summed E-state index contributed by atoms with van der Waals surface area (Å²) in [5.41, 5.74) is 4.63. The minimum absolute atomic E-state index is 0.133. The first kappa shape index (κ1) is 19.1. The number of benzene rings is 3. The van der Waals surface area contributed by atoms with Gasteiger partial charge in [0.2, 0.25) is 0 Å². The average molecular weight is 384 g/mol. The van der Waals surface area contributed by atoms with Crippen molar-refractivity contribution in [3.63, 3.8) is 0 Å². The molecule has 0 unspecified atom stereocenters. The molecule has 0 atom stereocenters. The lowest BCUT2D eigenvalue weighted by Gasteiger charge is -2.16. The zero-order chi connectivity index (χ0) is 20.4. The highest BCUT2D eigenvalue weighted by molar-refractivity contribution is 6.06. The quantitative estimate of drug-likeness (QED) is 0.500. The molecule has 0 spiro atoms. The Morgan fingerprint density at radius 3 is 2.55 bits per heavy atom. The molecule has 146 valence electrons. The van der Waals surface area contributed by atoms with Crippen molar-refractivity contribution < 1.29 is 9.90 Å². The molecule has 0 saturated heterocycles. The number of nitrogens with zero attached hydrogens (tertiary/aromatic N) is 2. The molecule has 0 amide bonds. The SMILES string of the molecule is CN(C)Cc1cc(-c2cccc3c(CCC(=O)O)cccc23)c2cnccc2c1. The summed E-state index contributed by atoms with van der Waals surface area (Å²) in [4.78, 5) is 17.6. The number of aryl methyl sites for hydroxylation is 1. The van der Waals surface area contributed by atoms with Crippen LogP contribution in [0.1, 0.15) is 17.5 Å². The number of carbonyl (C=O) groups is 1. The van der Waals surface area contributed by atoms with E-state index in [2.05, 4.69) is 66.4 Å². The summed E-state index contributed by atoms with van der Waals surface area (Å²) in [6.07, 6.45) is 4.42. The highest BCUT2D eigenvalue weighted by Crippen LogP contribution is 2.36. The second-order valence-electron chi connectivity index (χ2n) is 7.69. The zero-order valence-electron chi connectivity index (χ0n) is 16.7. The lowest BCUT2D eigenvalue weighted by Crippen LogP contribution is -2.10. The predicted octanol–water partition coefficient (Wildman–Crippen LogP) is 5.13. The van der Waals surface area contributed by atoms with Crippen molar-refractivity contribution >= 4 is 27.5 Å². The van der Waals surface area contributed by atoms with Crippen LogP contribution in [-0.4, -0.2) is 35.1 Å². The Kier molecular flexibility index (Phi) is 5.28. The van der Waals surface area contributed by atoms with Gasteiger partial charge in [0.25, 0.3) is 0 Å². The van der Waals surface area contributed by atoms with Gasteiger partial charge in [-0.15, -0.1) is 0 Å². The van der Waals surface area contributed by atoms with E-state index in [0.717, 1.165) is 39.4 Å². The summed E-state index contributed by atoms with van der Waals surface area (Å²) < 4.78 is 0. The molecule has 0 bridgehead atoms. The molecule has 4 nitrogen and oxygen atoms in total. The van der Waals surface area contributed by atoms with Crippen LogP contribution in [0.5, 0.6) is 0 Å². The Balaban J connectivity index is 1.93. The van der Waals surface area contributed by atoms with Gasteiger partial charge in [0.05, 0.1) is 0 Å². The predicted molar refractivity (Wildman–Crippen MR) is 118 cm³/mol. The van der Waals surface area contributed by atoms with E-state index in [4.69, 9.17) is 5.11 Å². The van der Waals surface area contributed by atoms with Crippen LogP contribution in [0.25, 0.3) is 32.7 Å². The number of carboxylic acid groups (broad SMARTS) is 1. The molecule has 0 fully saturated rings. The molecule has 0 aliphatic heterocycles. The number of aliphatic carboxylic acids is 1. The van der Waals surface area contributed by atoms with E-state index >= 15 is 0 Å². The summed E-state index contributed by atoms with van der Waals surface area (Å²) in [5, 5.41) is 13.6. The third-order valence-electron chi connectivity index (χ3n) is 5.23. The smallest absolute Gasteiger partial charge is 0.303 e. The van der Waals surface area contributed by atoms with E-state index in [1.165, 1.54) is 10.9 Å². The number of hydrogen-bond acceptors (Lipinski definition) is 3. The largest absolute Gasteiger partial charge is 0.481 e. The van der Waals surface area contributed by atoms with Crippen LogP contribution in [0.4, 0.5) is 0 Å². The van der Waals surface area contributed by atoms with Crippen LogP contribution in [-0.2, 0) is 17.8 Å². The standard InChI is InChI=1S/C25H24N2O2/c1-27(2)16-17-13-19-11-12-26-15-24(19)23(14-17)22-8-4-6-20-18(9-10-25(28)29)5-3-7-21(20)22/h3-8,11-15H,9-10,16H2,1-2H3,(H,28,29). The Labute approximate surface area is 170 Å². The Morgan fingerprint density at radius 1 is 0.966 bits per heavy atom. The van der Waals surface area contributed by atoms with E-state index in [9.17, 15) is 4.79 Å². The van der Waals surface area contributed by atoms with E-state index < -0.39 is 5.97 Å². The van der Waals surface area contributed by atoms with Gasteiger partial charge in [-0.25, -0.2) is 0 Å². The van der Waals surface area contributed by atoms with E-state index in [0.29, 0.717) is 6.42 Å². The molecule has 4 aromatic rings. The van der Waals surface area contributed by atoms with Gasteiger partial charge >= 0.3 is 5.97 Å². The molecule has 4 heteroatoms. The minimum atomic E-state index is -0.772. The molecule has 29 heavy (non-hydrogen) atoms. The number of hydrogen-bond donors (Lipinski definition) is 1. The van der Waals surface area contributed by atoms with Crippen LogP contribution < -0.4 is 0 Å². The minimum Gasteiger partial charge on any atom is -0.481 e. The van der Waals surface area contributed by atoms with Crippen molar-refractivity contribution in [3.05, 3.63) is 78.1 Å². The lowest BCUT2D eigenvalue weighted by molar-refractivity contribution is -0.136. The van der Waals surface area contributed by atoms with Gasteiger partial charge in [0.15, 0.2) is 0 Å². The van der Waals surface area contributed by atoms with Crippen LogP contribution in [0.3, 0.4) is 0 Å². The van der Waals surface area contributed by atoms with Crippen LogP contribution in [0.15, 0.2) is 67.0 Å². The third-order valence-corrected chi connectivity index (χ3v) is 5.23. The Hall–Kier alpha value is -3.24. The summed E-state index contributed by atoms with van der Waals surface area (Å²) in [5.74, 6) is -0.772. The van der Waals surface area contributed by atoms with Crippen molar-refractivity contribution in [2.45, 2.75) is 19.4 Å². The molecule has 0 radical (unpaired) electrons. The first-order chi connectivity index (χ1) is 14.0. The summed E-state index contributed by atoms with van der Waals surface area (Å²) in [6.45, 7) is 0.861. The maximum atomic E-state index is 11.1. The maximum absolute atomic E-state index is 11.1. The summed E-state index contributed by atoms with van der Waals surface area (Å²) in [6, 6.07) is 19.0. The summed E-state index contributed by atoms with van der Waals surface area (Å²) >= 11 is 0. The second kappa shape index (κ2) is 8.02. The molecule has 4 rings (SSSR count). The van der Waals surface area contributed by atoms with Crippen LogP contribution >= 0.6 is 0 Å². The Morgan fingerprint density at radius 2 is 1.76 bits per heavy atom. The average Bonchev–Trinajstić information content (AvgIpc) is 2.70. The van der Waals surface area contributed by atoms with Crippen molar-refractivity contribution in [3.8, 4) is 11.1 Å². The molecule has 0 aliphatic rings. The summed E-state index contributed by atoms with van der Waals surface area (Å²) in [7, 11) is 4.14. The maximum Gasteiger partial charge on any atom is 0.303 e. The monoisotopic (exact) mass is 384 g/mol. The Bertz CT molecular complexity index is 1200. The number of rotatable bonds is 6. The molecular formula is C25H24N2O2. The van der Waals surface area contributed by atoms with Gasteiger partial charge in [-0.05, 0) is 77.1 Å². The van der Waals surface area contributed by atoms with Crippen molar-refractivity contribution in [1.82, 2.24) is 9.88 Å². The first-order valence-electron chi connectivity index (χ1n) is 9.77. The fourth-order valence-corrected chi connectivity index (χ4v) is 4.01. The van der Waals surface area contributed by atoms with Crippen LogP contribution in [0, 0.1) is 0 Å². The lowest BCUT2D eigenvalue weighted by atomic mass is 9.91. The number of carboxylic acids is 1. The normalized spacial score (nSPS) is 11.4. The first-order valence-corrected chi connectivity index (χ1v) is 9.77. The van der Waals surface area contributed by atoms with E-state index in [1.807, 2.05) is 24.5 Å². The number of aromatic nitrogens is 1. The van der Waals surface area contributed by atoms with Crippen molar-refractivity contribution in [2.24, 2.45) is 0 Å². The number of fused-ring (bicyclic) bond motifs is 2. The van der Waals surface area contributed by atoms with Crippen molar-refractivity contribution in [2.75, 3.05) is 14.1 Å². The van der Waals surface area contributed by atoms with E-state index in [1.54, 1.807) is 0 Å². The fraction of sp³-hybridized carbons (Fsp3) is 0.200.